The van der Waals surface area contributed by atoms with Gasteiger partial charge in [-0.15, -0.1) is 0 Å². The van der Waals surface area contributed by atoms with Crippen LogP contribution in [0.25, 0.3) is 0 Å². The van der Waals surface area contributed by atoms with Crippen molar-refractivity contribution in [3.05, 3.63) is 23.8 Å². The van der Waals surface area contributed by atoms with Crippen LogP contribution in [-0.4, -0.2) is 14.2 Å². The van der Waals surface area contributed by atoms with E-state index in [0.29, 0.717) is 17.1 Å². The molecule has 0 amide bonds. The summed E-state index contributed by atoms with van der Waals surface area (Å²) in [6.07, 6.45) is 0. The summed E-state index contributed by atoms with van der Waals surface area (Å²) in [5.74, 6) is 1.25. The van der Waals surface area contributed by atoms with E-state index in [1.807, 2.05) is 0 Å². The van der Waals surface area contributed by atoms with Crippen molar-refractivity contribution in [2.45, 2.75) is 6.61 Å². The molecular weight excluding hydrogens is 156 g/mol. The van der Waals surface area contributed by atoms with E-state index < -0.39 is 0 Å². The summed E-state index contributed by atoms with van der Waals surface area (Å²) in [5, 5.41) is 10.5. The molecule has 0 aliphatic carbocycles. The van der Waals surface area contributed by atoms with Crippen LogP contribution in [0, 0.1) is 0 Å². The van der Waals surface area contributed by atoms with Crippen LogP contribution in [-0.2, 0) is 11.7 Å². The average Bonchev–Trinajstić information content (AvgIpc) is 2.16. The Bertz CT molecular complexity index is 258. The molecule has 1 radical (unpaired) electrons. The summed E-state index contributed by atoms with van der Waals surface area (Å²) < 4.78 is 10.0. The summed E-state index contributed by atoms with van der Waals surface area (Å²) in [4.78, 5) is 0. The zero-order chi connectivity index (χ0) is 8.97. The molecule has 0 saturated carbocycles. The van der Waals surface area contributed by atoms with E-state index >= 15 is 0 Å². The minimum atomic E-state index is -0.236. The maximum absolute atomic E-state index is 10.5. The van der Waals surface area contributed by atoms with Crippen LogP contribution in [0.15, 0.2) is 18.2 Å². The van der Waals surface area contributed by atoms with E-state index in [1.54, 1.807) is 32.4 Å². The molecule has 0 saturated heterocycles. The first-order valence-electron chi connectivity index (χ1n) is 3.61. The lowest BCUT2D eigenvalue weighted by atomic mass is 10.2. The largest absolute Gasteiger partial charge is 0.493 e. The number of methoxy groups -OCH3 is 2. The minimum Gasteiger partial charge on any atom is -0.493 e. The molecule has 0 fully saturated rings. The Kier molecular flexibility index (Phi) is 2.94. The molecule has 0 N–H and O–H groups in total. The van der Waals surface area contributed by atoms with Crippen molar-refractivity contribution in [2.75, 3.05) is 14.2 Å². The third kappa shape index (κ3) is 1.68. The molecule has 0 heterocycles. The summed E-state index contributed by atoms with van der Waals surface area (Å²) in [6.45, 7) is -0.236. The van der Waals surface area contributed by atoms with Crippen molar-refractivity contribution in [3.63, 3.8) is 0 Å². The Morgan fingerprint density at radius 3 is 2.33 bits per heavy atom. The lowest BCUT2D eigenvalue weighted by Gasteiger charge is -2.07. The van der Waals surface area contributed by atoms with Gasteiger partial charge < -0.3 is 9.47 Å². The fourth-order valence-electron chi connectivity index (χ4n) is 0.970. The Labute approximate surface area is 71.5 Å². The van der Waals surface area contributed by atoms with Crippen LogP contribution in [0.3, 0.4) is 0 Å². The molecule has 0 aliphatic heterocycles. The summed E-state index contributed by atoms with van der Waals surface area (Å²) in [7, 11) is 3.11. The first-order valence-corrected chi connectivity index (χ1v) is 3.61. The summed E-state index contributed by atoms with van der Waals surface area (Å²) >= 11 is 0. The van der Waals surface area contributed by atoms with Gasteiger partial charge in [-0.3, -0.25) is 0 Å². The zero-order valence-corrected chi connectivity index (χ0v) is 7.16. The van der Waals surface area contributed by atoms with Crippen molar-refractivity contribution in [2.24, 2.45) is 0 Å². The summed E-state index contributed by atoms with van der Waals surface area (Å²) in [6, 6.07) is 5.15. The number of benzene rings is 1. The highest BCUT2D eigenvalue weighted by Gasteiger charge is 2.03. The Morgan fingerprint density at radius 2 is 1.83 bits per heavy atom. The molecule has 0 aliphatic rings. The smallest absolute Gasteiger partial charge is 0.161 e. The topological polar surface area (TPSA) is 38.4 Å². The highest BCUT2D eigenvalue weighted by Crippen LogP contribution is 2.27. The highest BCUT2D eigenvalue weighted by atomic mass is 16.5. The second-order valence-corrected chi connectivity index (χ2v) is 2.33. The van der Waals surface area contributed by atoms with Gasteiger partial charge in [0.2, 0.25) is 0 Å². The van der Waals surface area contributed by atoms with E-state index in [4.69, 9.17) is 9.47 Å². The Hall–Kier alpha value is -1.22. The molecule has 1 rings (SSSR count). The van der Waals surface area contributed by atoms with Gasteiger partial charge in [-0.2, -0.15) is 0 Å². The minimum absolute atomic E-state index is 0.236. The maximum atomic E-state index is 10.5. The van der Waals surface area contributed by atoms with Crippen molar-refractivity contribution in [1.82, 2.24) is 0 Å². The lowest BCUT2D eigenvalue weighted by molar-refractivity contribution is 0.177. The van der Waals surface area contributed by atoms with Crippen molar-refractivity contribution in [3.8, 4) is 11.5 Å². The molecule has 12 heavy (non-hydrogen) atoms. The van der Waals surface area contributed by atoms with Crippen LogP contribution < -0.4 is 9.47 Å². The van der Waals surface area contributed by atoms with E-state index in [0.717, 1.165) is 0 Å². The fourth-order valence-corrected chi connectivity index (χ4v) is 0.970. The quantitative estimate of drug-likeness (QED) is 0.686. The molecule has 65 valence electrons. The van der Waals surface area contributed by atoms with Crippen LogP contribution in [0.5, 0.6) is 11.5 Å². The second-order valence-electron chi connectivity index (χ2n) is 2.33. The van der Waals surface area contributed by atoms with Gasteiger partial charge in [0.1, 0.15) is 6.61 Å². The predicted octanol–water partition coefficient (Wildman–Crippen LogP) is 1.63. The number of ether oxygens (including phenoxy) is 2. The monoisotopic (exact) mass is 167 g/mol. The lowest BCUT2D eigenvalue weighted by Crippen LogP contribution is -1.91. The third-order valence-corrected chi connectivity index (χ3v) is 1.61. The molecular formula is C9H11O3. The highest BCUT2D eigenvalue weighted by molar-refractivity contribution is 5.42. The maximum Gasteiger partial charge on any atom is 0.161 e. The molecule has 3 heteroatoms. The third-order valence-electron chi connectivity index (χ3n) is 1.61. The fraction of sp³-hybridized carbons (Fsp3) is 0.333. The first kappa shape index (κ1) is 8.87. The van der Waals surface area contributed by atoms with Gasteiger partial charge >= 0.3 is 0 Å². The van der Waals surface area contributed by atoms with E-state index in [9.17, 15) is 5.11 Å². The van der Waals surface area contributed by atoms with Gasteiger partial charge in [0.25, 0.3) is 0 Å². The van der Waals surface area contributed by atoms with Crippen LogP contribution in [0.1, 0.15) is 5.56 Å². The normalized spacial score (nSPS) is 9.58. The molecule has 1 aromatic carbocycles. The first-order chi connectivity index (χ1) is 5.81. The molecule has 1 aromatic rings. The predicted molar refractivity (Wildman–Crippen MR) is 43.9 cm³/mol. The van der Waals surface area contributed by atoms with Gasteiger partial charge in [-0.25, -0.2) is 5.11 Å². The van der Waals surface area contributed by atoms with Gasteiger partial charge in [0.05, 0.1) is 14.2 Å². The van der Waals surface area contributed by atoms with Crippen LogP contribution in [0.4, 0.5) is 0 Å². The molecule has 3 nitrogen and oxygen atoms in total. The van der Waals surface area contributed by atoms with E-state index in [2.05, 4.69) is 0 Å². The van der Waals surface area contributed by atoms with Crippen molar-refractivity contribution < 1.29 is 14.6 Å². The molecule has 0 spiro atoms. The van der Waals surface area contributed by atoms with Crippen molar-refractivity contribution in [1.29, 1.82) is 0 Å². The van der Waals surface area contributed by atoms with Crippen LogP contribution >= 0.6 is 0 Å². The molecule has 0 unspecified atom stereocenters. The van der Waals surface area contributed by atoms with Gasteiger partial charge in [-0.1, -0.05) is 6.07 Å². The number of hydrogen-bond donors (Lipinski definition) is 0. The van der Waals surface area contributed by atoms with Gasteiger partial charge in [0.15, 0.2) is 11.5 Å². The zero-order valence-electron chi connectivity index (χ0n) is 7.16. The number of rotatable bonds is 3. The SMILES string of the molecule is COc1ccc(C[O])cc1OC. The van der Waals surface area contributed by atoms with E-state index in [-0.39, 0.29) is 6.61 Å². The molecule has 0 atom stereocenters. The van der Waals surface area contributed by atoms with E-state index in [1.165, 1.54) is 0 Å². The standard InChI is InChI=1S/C9H11O3/c1-11-8-4-3-7(6-10)5-9(8)12-2/h3-5H,6H2,1-2H3. The summed E-state index contributed by atoms with van der Waals surface area (Å²) in [5.41, 5.74) is 0.702. The Morgan fingerprint density at radius 1 is 1.17 bits per heavy atom. The number of hydrogen-bond acceptors (Lipinski definition) is 2. The second kappa shape index (κ2) is 3.97. The Balaban J connectivity index is 3.02. The van der Waals surface area contributed by atoms with Crippen LogP contribution in [0.2, 0.25) is 0 Å². The van der Waals surface area contributed by atoms with Crippen molar-refractivity contribution >= 4 is 0 Å². The molecule has 0 bridgehead atoms. The average molecular weight is 167 g/mol. The van der Waals surface area contributed by atoms with Gasteiger partial charge in [0, 0.05) is 0 Å². The molecule has 0 aromatic heterocycles. The van der Waals surface area contributed by atoms with Gasteiger partial charge in [-0.05, 0) is 17.7 Å².